The number of benzene rings is 1. The van der Waals surface area contributed by atoms with E-state index in [0.29, 0.717) is 5.19 Å². The molecule has 0 heterocycles. The second-order valence-corrected chi connectivity index (χ2v) is 4.29. The molecular weight excluding hydrogens is 289 g/mol. The topological polar surface area (TPSA) is 27.7 Å². The average molecular weight is 305 g/mol. The van der Waals surface area contributed by atoms with Gasteiger partial charge in [-0.25, -0.2) is 0 Å². The molecule has 20 heavy (non-hydrogen) atoms. The number of alkyl halides is 3. The van der Waals surface area contributed by atoms with E-state index in [9.17, 15) is 13.2 Å². The van der Waals surface area contributed by atoms with Crippen LogP contribution in [0.2, 0.25) is 0 Å². The molecule has 3 radical (unpaired) electrons. The molecule has 7 heteroatoms. The highest BCUT2D eigenvalue weighted by Crippen LogP contribution is 2.46. The van der Waals surface area contributed by atoms with Gasteiger partial charge in [-0.15, -0.1) is 0 Å². The summed E-state index contributed by atoms with van der Waals surface area (Å²) in [6, 6.07) is 1.25. The molecule has 0 aliphatic heterocycles. The fourth-order valence-corrected chi connectivity index (χ4v) is 2.04. The lowest BCUT2D eigenvalue weighted by molar-refractivity contribution is -0.140. The fraction of sp³-hybridized carbons (Fsp3) is 0.538. The van der Waals surface area contributed by atoms with Crippen LogP contribution in [0.5, 0.6) is 17.2 Å². The molecule has 0 saturated carbocycles. The SMILES string of the molecule is CCOc1cc([Si])c(OCC)c(OCC)c1C(F)(F)F. The van der Waals surface area contributed by atoms with Crippen molar-refractivity contribution in [1.29, 1.82) is 0 Å². The Kier molecular flexibility index (Phi) is 5.73. The van der Waals surface area contributed by atoms with Crippen LogP contribution in [0.1, 0.15) is 26.3 Å². The van der Waals surface area contributed by atoms with Gasteiger partial charge in [0.1, 0.15) is 11.3 Å². The van der Waals surface area contributed by atoms with E-state index in [1.165, 1.54) is 6.07 Å². The molecule has 0 atom stereocenters. The minimum atomic E-state index is -4.60. The summed E-state index contributed by atoms with van der Waals surface area (Å²) >= 11 is 0. The van der Waals surface area contributed by atoms with Crippen molar-refractivity contribution in [2.75, 3.05) is 19.8 Å². The summed E-state index contributed by atoms with van der Waals surface area (Å²) in [5.74, 6) is -0.600. The lowest BCUT2D eigenvalue weighted by Crippen LogP contribution is -2.19. The Morgan fingerprint density at radius 3 is 1.90 bits per heavy atom. The maximum atomic E-state index is 13.3. The van der Waals surface area contributed by atoms with Gasteiger partial charge >= 0.3 is 6.18 Å². The standard InChI is InChI=1S/C13H16F3O3Si/c1-4-17-8-7-9(20)11(18-5-2)12(19-6-3)10(8)13(14,15)16/h7H,4-6H2,1-3H3. The largest absolute Gasteiger partial charge is 0.493 e. The zero-order chi connectivity index (χ0) is 15.3. The molecule has 1 aromatic carbocycles. The normalized spacial score (nSPS) is 11.3. The molecular formula is C13H16F3O3Si. The quantitative estimate of drug-likeness (QED) is 0.756. The van der Waals surface area contributed by atoms with Crippen molar-refractivity contribution in [1.82, 2.24) is 0 Å². The van der Waals surface area contributed by atoms with Crippen molar-refractivity contribution in [3.05, 3.63) is 11.6 Å². The molecule has 0 aliphatic rings. The number of hydrogen-bond donors (Lipinski definition) is 0. The second-order valence-electron chi connectivity index (χ2n) is 3.75. The zero-order valence-electron chi connectivity index (χ0n) is 11.6. The van der Waals surface area contributed by atoms with Crippen LogP contribution in [0, 0.1) is 0 Å². The Balaban J connectivity index is 3.57. The highest BCUT2D eigenvalue weighted by molar-refractivity contribution is 6.34. The first-order valence-corrected chi connectivity index (χ1v) is 6.74. The first-order valence-electron chi connectivity index (χ1n) is 6.24. The minimum absolute atomic E-state index is 0.0294. The van der Waals surface area contributed by atoms with E-state index in [0.717, 1.165) is 0 Å². The van der Waals surface area contributed by atoms with Crippen molar-refractivity contribution >= 4 is 15.4 Å². The van der Waals surface area contributed by atoms with E-state index >= 15 is 0 Å². The van der Waals surface area contributed by atoms with Crippen LogP contribution < -0.4 is 19.4 Å². The first kappa shape index (κ1) is 16.7. The lowest BCUT2D eigenvalue weighted by atomic mass is 10.1. The van der Waals surface area contributed by atoms with Crippen LogP contribution in [-0.2, 0) is 6.18 Å². The van der Waals surface area contributed by atoms with Crippen LogP contribution in [0.3, 0.4) is 0 Å². The van der Waals surface area contributed by atoms with Gasteiger partial charge in [0, 0.05) is 0 Å². The van der Waals surface area contributed by atoms with Gasteiger partial charge in [0.25, 0.3) is 0 Å². The average Bonchev–Trinajstić information content (AvgIpc) is 2.33. The van der Waals surface area contributed by atoms with E-state index in [1.807, 2.05) is 0 Å². The molecule has 111 valence electrons. The maximum absolute atomic E-state index is 13.3. The Bertz CT molecular complexity index is 461. The summed E-state index contributed by atoms with van der Waals surface area (Å²) < 4.78 is 55.3. The summed E-state index contributed by atoms with van der Waals surface area (Å²) in [5.41, 5.74) is -0.952. The minimum Gasteiger partial charge on any atom is -0.493 e. The zero-order valence-corrected chi connectivity index (χ0v) is 12.6. The van der Waals surface area contributed by atoms with Crippen molar-refractivity contribution in [2.24, 2.45) is 0 Å². The number of rotatable bonds is 6. The molecule has 0 N–H and O–H groups in total. The summed E-state index contributed by atoms with van der Waals surface area (Å²) in [6.45, 7) is 5.34. The molecule has 1 aromatic rings. The number of hydrogen-bond acceptors (Lipinski definition) is 3. The Morgan fingerprint density at radius 1 is 0.950 bits per heavy atom. The maximum Gasteiger partial charge on any atom is 0.423 e. The van der Waals surface area contributed by atoms with Crippen molar-refractivity contribution < 1.29 is 27.4 Å². The highest BCUT2D eigenvalue weighted by atomic mass is 28.1. The van der Waals surface area contributed by atoms with Crippen LogP contribution in [0.4, 0.5) is 13.2 Å². The summed E-state index contributed by atoms with van der Waals surface area (Å²) in [4.78, 5) is 0. The van der Waals surface area contributed by atoms with Gasteiger partial charge in [0.2, 0.25) is 0 Å². The van der Waals surface area contributed by atoms with Crippen LogP contribution in [-0.4, -0.2) is 30.1 Å². The fourth-order valence-electron chi connectivity index (χ4n) is 1.72. The van der Waals surface area contributed by atoms with Crippen LogP contribution in [0.15, 0.2) is 6.07 Å². The van der Waals surface area contributed by atoms with Gasteiger partial charge in [0.15, 0.2) is 11.5 Å². The van der Waals surface area contributed by atoms with Crippen molar-refractivity contribution in [3.63, 3.8) is 0 Å². The van der Waals surface area contributed by atoms with E-state index in [2.05, 4.69) is 10.2 Å². The Labute approximate surface area is 119 Å². The summed E-state index contributed by atoms with van der Waals surface area (Å²) in [7, 11) is 3.24. The van der Waals surface area contributed by atoms with Gasteiger partial charge in [-0.3, -0.25) is 0 Å². The molecule has 3 nitrogen and oxygen atoms in total. The van der Waals surface area contributed by atoms with Gasteiger partial charge in [-0.05, 0) is 32.0 Å². The molecule has 0 fully saturated rings. The van der Waals surface area contributed by atoms with Gasteiger partial charge < -0.3 is 14.2 Å². The molecule has 0 amide bonds. The molecule has 0 spiro atoms. The molecule has 0 unspecified atom stereocenters. The summed E-state index contributed by atoms with van der Waals surface area (Å²) in [5, 5.41) is 0.353. The molecule has 0 aliphatic carbocycles. The third kappa shape index (κ3) is 3.59. The van der Waals surface area contributed by atoms with E-state index in [1.54, 1.807) is 20.8 Å². The Morgan fingerprint density at radius 2 is 1.45 bits per heavy atom. The molecule has 0 saturated heterocycles. The predicted molar refractivity (Wildman–Crippen MR) is 70.3 cm³/mol. The Hall–Kier alpha value is -1.37. The lowest BCUT2D eigenvalue weighted by Gasteiger charge is -2.21. The van der Waals surface area contributed by atoms with Crippen molar-refractivity contribution in [3.8, 4) is 17.2 Å². The van der Waals surface area contributed by atoms with Crippen LogP contribution >= 0.6 is 0 Å². The van der Waals surface area contributed by atoms with Gasteiger partial charge in [0.05, 0.1) is 30.1 Å². The number of ether oxygens (including phenoxy) is 3. The predicted octanol–water partition coefficient (Wildman–Crippen LogP) is 2.70. The first-order chi connectivity index (χ1) is 9.36. The second kappa shape index (κ2) is 6.87. The van der Waals surface area contributed by atoms with Crippen molar-refractivity contribution in [2.45, 2.75) is 26.9 Å². The molecule has 0 aromatic heterocycles. The number of halogens is 3. The molecule has 0 bridgehead atoms. The van der Waals surface area contributed by atoms with Gasteiger partial charge in [-0.2, -0.15) is 13.2 Å². The van der Waals surface area contributed by atoms with Gasteiger partial charge in [-0.1, -0.05) is 0 Å². The van der Waals surface area contributed by atoms with E-state index in [-0.39, 0.29) is 37.1 Å². The molecule has 1 rings (SSSR count). The third-order valence-electron chi connectivity index (χ3n) is 2.36. The summed E-state index contributed by atoms with van der Waals surface area (Å²) in [6.07, 6.45) is -4.60. The van der Waals surface area contributed by atoms with E-state index in [4.69, 9.17) is 14.2 Å². The van der Waals surface area contributed by atoms with Crippen LogP contribution in [0.25, 0.3) is 0 Å². The smallest absolute Gasteiger partial charge is 0.423 e. The van der Waals surface area contributed by atoms with E-state index < -0.39 is 11.7 Å². The third-order valence-corrected chi connectivity index (χ3v) is 2.73. The highest BCUT2D eigenvalue weighted by Gasteiger charge is 2.40. The monoisotopic (exact) mass is 305 g/mol.